The number of benzene rings is 2. The second-order valence-corrected chi connectivity index (χ2v) is 4.97. The van der Waals surface area contributed by atoms with Crippen LogP contribution in [0.5, 0.6) is 11.5 Å². The minimum Gasteiger partial charge on any atom is -0.504 e. The van der Waals surface area contributed by atoms with Gasteiger partial charge >= 0.3 is 5.97 Å². The zero-order chi connectivity index (χ0) is 17.4. The molecule has 0 spiro atoms. The summed E-state index contributed by atoms with van der Waals surface area (Å²) in [6, 6.07) is 16.0. The van der Waals surface area contributed by atoms with Crippen molar-refractivity contribution in [3.8, 4) is 17.6 Å². The van der Waals surface area contributed by atoms with Crippen molar-refractivity contribution in [2.45, 2.75) is 6.42 Å². The van der Waals surface area contributed by atoms with Gasteiger partial charge in [-0.1, -0.05) is 36.4 Å². The van der Waals surface area contributed by atoms with Crippen molar-refractivity contribution < 1.29 is 19.4 Å². The van der Waals surface area contributed by atoms with Gasteiger partial charge in [0.05, 0.1) is 13.7 Å². The topological polar surface area (TPSA) is 79.5 Å². The number of ether oxygens (including phenoxy) is 2. The number of methoxy groups -OCH3 is 1. The molecule has 0 amide bonds. The molecule has 0 saturated heterocycles. The van der Waals surface area contributed by atoms with Crippen LogP contribution in [0.15, 0.2) is 54.1 Å². The summed E-state index contributed by atoms with van der Waals surface area (Å²) in [7, 11) is 1.44. The Hall–Kier alpha value is -3.26. The highest BCUT2D eigenvalue weighted by molar-refractivity contribution is 5.97. The summed E-state index contributed by atoms with van der Waals surface area (Å²) >= 11 is 0. The molecule has 0 aliphatic carbocycles. The first-order valence-corrected chi connectivity index (χ1v) is 7.34. The maximum Gasteiger partial charge on any atom is 0.348 e. The molecule has 2 aromatic rings. The number of nitriles is 1. The smallest absolute Gasteiger partial charge is 0.348 e. The van der Waals surface area contributed by atoms with Crippen LogP contribution in [0.2, 0.25) is 0 Å². The number of carbonyl (C=O) groups excluding carboxylic acids is 1. The SMILES string of the molecule is COc1ccc(/C=C(\C#N)C(=O)OCCc2ccccc2)cc1O. The number of phenols is 1. The molecule has 0 atom stereocenters. The molecule has 0 fully saturated rings. The van der Waals surface area contributed by atoms with E-state index in [1.54, 1.807) is 12.1 Å². The number of hydrogen-bond acceptors (Lipinski definition) is 5. The largest absolute Gasteiger partial charge is 0.504 e. The number of esters is 1. The molecule has 5 nitrogen and oxygen atoms in total. The van der Waals surface area contributed by atoms with Crippen LogP contribution >= 0.6 is 0 Å². The standard InChI is InChI=1S/C19H17NO4/c1-23-18-8-7-15(12-17(18)21)11-16(13-20)19(22)24-10-9-14-5-3-2-4-6-14/h2-8,11-12,21H,9-10H2,1H3/b16-11+. The molecule has 0 aliphatic rings. The van der Waals surface area contributed by atoms with Crippen molar-refractivity contribution in [2.24, 2.45) is 0 Å². The fourth-order valence-corrected chi connectivity index (χ4v) is 2.08. The third kappa shape index (κ3) is 4.62. The number of carbonyl (C=O) groups is 1. The van der Waals surface area contributed by atoms with Gasteiger partial charge in [0.1, 0.15) is 11.6 Å². The number of aromatic hydroxyl groups is 1. The Morgan fingerprint density at radius 3 is 2.62 bits per heavy atom. The van der Waals surface area contributed by atoms with E-state index in [0.717, 1.165) is 5.56 Å². The van der Waals surface area contributed by atoms with Crippen molar-refractivity contribution in [2.75, 3.05) is 13.7 Å². The van der Waals surface area contributed by atoms with Gasteiger partial charge in [-0.2, -0.15) is 5.26 Å². The van der Waals surface area contributed by atoms with Gasteiger partial charge in [0.15, 0.2) is 11.5 Å². The predicted molar refractivity (Wildman–Crippen MR) is 89.4 cm³/mol. The first-order chi connectivity index (χ1) is 11.6. The Labute approximate surface area is 140 Å². The highest BCUT2D eigenvalue weighted by atomic mass is 16.5. The van der Waals surface area contributed by atoms with E-state index in [9.17, 15) is 9.90 Å². The second-order valence-electron chi connectivity index (χ2n) is 4.97. The molecular weight excluding hydrogens is 306 g/mol. The summed E-state index contributed by atoms with van der Waals surface area (Å²) in [5, 5.41) is 18.9. The van der Waals surface area contributed by atoms with Crippen LogP contribution in [-0.4, -0.2) is 24.8 Å². The Bertz CT molecular complexity index is 776. The van der Waals surface area contributed by atoms with E-state index < -0.39 is 5.97 Å². The monoisotopic (exact) mass is 323 g/mol. The third-order valence-corrected chi connectivity index (χ3v) is 3.32. The molecule has 0 aliphatic heterocycles. The second kappa shape index (κ2) is 8.39. The number of phenolic OH excluding ortho intramolecular Hbond substituents is 1. The lowest BCUT2D eigenvalue weighted by Crippen LogP contribution is -2.09. The molecule has 0 aromatic heterocycles. The minimum absolute atomic E-state index is 0.0685. The van der Waals surface area contributed by atoms with Crippen LogP contribution in [0, 0.1) is 11.3 Å². The van der Waals surface area contributed by atoms with Crippen molar-refractivity contribution in [3.05, 3.63) is 65.2 Å². The lowest BCUT2D eigenvalue weighted by molar-refractivity contribution is -0.138. The maximum absolute atomic E-state index is 12.0. The van der Waals surface area contributed by atoms with Gasteiger partial charge in [-0.25, -0.2) is 4.79 Å². The first kappa shape index (κ1) is 17.1. The van der Waals surface area contributed by atoms with Gasteiger partial charge in [0.2, 0.25) is 0 Å². The molecule has 24 heavy (non-hydrogen) atoms. The van der Waals surface area contributed by atoms with Gasteiger partial charge < -0.3 is 14.6 Å². The van der Waals surface area contributed by atoms with Crippen molar-refractivity contribution in [1.29, 1.82) is 5.26 Å². The van der Waals surface area contributed by atoms with Crippen molar-refractivity contribution in [3.63, 3.8) is 0 Å². The van der Waals surface area contributed by atoms with E-state index >= 15 is 0 Å². The lowest BCUT2D eigenvalue weighted by Gasteiger charge is -2.05. The van der Waals surface area contributed by atoms with Gasteiger partial charge in [-0.15, -0.1) is 0 Å². The molecule has 2 rings (SSSR count). The summed E-state index contributed by atoms with van der Waals surface area (Å²) < 4.78 is 10.1. The van der Waals surface area contributed by atoms with Crippen LogP contribution in [0.4, 0.5) is 0 Å². The van der Waals surface area contributed by atoms with Crippen LogP contribution in [0.1, 0.15) is 11.1 Å². The van der Waals surface area contributed by atoms with E-state index in [-0.39, 0.29) is 17.9 Å². The van der Waals surface area contributed by atoms with E-state index in [1.807, 2.05) is 36.4 Å². The molecular formula is C19H17NO4. The summed E-state index contributed by atoms with van der Waals surface area (Å²) in [6.45, 7) is 0.190. The molecule has 2 aromatic carbocycles. The molecule has 122 valence electrons. The molecule has 0 bridgehead atoms. The first-order valence-electron chi connectivity index (χ1n) is 7.34. The number of rotatable bonds is 6. The zero-order valence-electron chi connectivity index (χ0n) is 13.2. The maximum atomic E-state index is 12.0. The zero-order valence-corrected chi connectivity index (χ0v) is 13.2. The fourth-order valence-electron chi connectivity index (χ4n) is 2.08. The Kier molecular flexibility index (Phi) is 5.98. The van der Waals surface area contributed by atoms with E-state index in [1.165, 1.54) is 19.3 Å². The van der Waals surface area contributed by atoms with Crippen LogP contribution in [0.25, 0.3) is 6.08 Å². The Balaban J connectivity index is 2.00. The summed E-state index contributed by atoms with van der Waals surface area (Å²) in [6.07, 6.45) is 1.94. The van der Waals surface area contributed by atoms with Gasteiger partial charge in [-0.05, 0) is 29.3 Å². The van der Waals surface area contributed by atoms with Crippen LogP contribution in [0.3, 0.4) is 0 Å². The molecule has 0 unspecified atom stereocenters. The van der Waals surface area contributed by atoms with Crippen LogP contribution < -0.4 is 4.74 Å². The quantitative estimate of drug-likeness (QED) is 0.502. The lowest BCUT2D eigenvalue weighted by atomic mass is 10.1. The number of hydrogen-bond donors (Lipinski definition) is 1. The van der Waals surface area contributed by atoms with Crippen molar-refractivity contribution >= 4 is 12.0 Å². The Morgan fingerprint density at radius 1 is 1.25 bits per heavy atom. The predicted octanol–water partition coefficient (Wildman–Crippen LogP) is 3.09. The number of nitrogens with zero attached hydrogens (tertiary/aromatic N) is 1. The van der Waals surface area contributed by atoms with E-state index in [0.29, 0.717) is 17.7 Å². The summed E-state index contributed by atoms with van der Waals surface area (Å²) in [5.41, 5.74) is 1.42. The highest BCUT2D eigenvalue weighted by Crippen LogP contribution is 2.27. The fraction of sp³-hybridized carbons (Fsp3) is 0.158. The average Bonchev–Trinajstić information content (AvgIpc) is 2.60. The summed E-state index contributed by atoms with van der Waals surface area (Å²) in [4.78, 5) is 12.0. The van der Waals surface area contributed by atoms with E-state index in [2.05, 4.69) is 0 Å². The highest BCUT2D eigenvalue weighted by Gasteiger charge is 2.11. The average molecular weight is 323 g/mol. The van der Waals surface area contributed by atoms with Gasteiger partial charge in [-0.3, -0.25) is 0 Å². The molecule has 0 heterocycles. The minimum atomic E-state index is -0.691. The van der Waals surface area contributed by atoms with Crippen molar-refractivity contribution in [1.82, 2.24) is 0 Å². The molecule has 5 heteroatoms. The third-order valence-electron chi connectivity index (χ3n) is 3.32. The molecule has 1 N–H and O–H groups in total. The van der Waals surface area contributed by atoms with Gasteiger partial charge in [0.25, 0.3) is 0 Å². The normalized spacial score (nSPS) is 10.8. The van der Waals surface area contributed by atoms with Gasteiger partial charge in [0, 0.05) is 6.42 Å². The Morgan fingerprint density at radius 2 is 2.00 bits per heavy atom. The van der Waals surface area contributed by atoms with E-state index in [4.69, 9.17) is 14.7 Å². The summed E-state index contributed by atoms with van der Waals surface area (Å²) in [5.74, 6) is -0.444. The van der Waals surface area contributed by atoms with Crippen LogP contribution in [-0.2, 0) is 16.0 Å². The molecule has 0 radical (unpaired) electrons. The molecule has 0 saturated carbocycles.